The first-order valence-electron chi connectivity index (χ1n) is 3.69. The average Bonchev–Trinajstić information content (AvgIpc) is 2.16. The van der Waals surface area contributed by atoms with Crippen molar-refractivity contribution in [2.75, 3.05) is 0 Å². The van der Waals surface area contributed by atoms with Crippen molar-refractivity contribution in [2.24, 2.45) is 0 Å². The van der Waals surface area contributed by atoms with Crippen molar-refractivity contribution >= 4 is 6.21 Å². The summed E-state index contributed by atoms with van der Waals surface area (Å²) in [6.07, 6.45) is 18.0. The molecule has 0 saturated heterocycles. The van der Waals surface area contributed by atoms with Crippen LogP contribution in [0.4, 0.5) is 0 Å². The van der Waals surface area contributed by atoms with Crippen molar-refractivity contribution in [1.82, 2.24) is 0 Å². The first-order chi connectivity index (χ1) is 5.43. The van der Waals surface area contributed by atoms with Crippen LogP contribution in [0.3, 0.4) is 0 Å². The molecule has 0 amide bonds. The maximum atomic E-state index is 2.00. The third kappa shape index (κ3) is 2.80. The topological polar surface area (TPSA) is 3.01 Å². The minimum atomic E-state index is 2.00. The van der Waals surface area contributed by atoms with Crippen LogP contribution in [0.2, 0.25) is 0 Å². The monoisotopic (exact) mass is 146 g/mol. The molecule has 11 heavy (non-hydrogen) atoms. The minimum absolute atomic E-state index is 2.00. The lowest BCUT2D eigenvalue weighted by atomic mass is 10.4. The van der Waals surface area contributed by atoms with Crippen molar-refractivity contribution in [1.29, 1.82) is 0 Å². The van der Waals surface area contributed by atoms with Crippen LogP contribution < -0.4 is 0 Å². The van der Waals surface area contributed by atoms with E-state index in [1.165, 1.54) is 0 Å². The fourth-order valence-corrected chi connectivity index (χ4v) is 0.777. The Morgan fingerprint density at radius 2 is 1.27 bits per heavy atom. The van der Waals surface area contributed by atoms with E-state index >= 15 is 0 Å². The van der Waals surface area contributed by atoms with Gasteiger partial charge in [0.15, 0.2) is 12.4 Å². The van der Waals surface area contributed by atoms with Crippen LogP contribution in [0.15, 0.2) is 48.9 Å². The molecule has 1 nitrogen and oxygen atoms in total. The number of hydrogen-bond donors (Lipinski definition) is 0. The number of rotatable bonds is 0. The highest BCUT2D eigenvalue weighted by Gasteiger charge is 1.87. The lowest BCUT2D eigenvalue weighted by molar-refractivity contribution is -0.372. The van der Waals surface area contributed by atoms with Gasteiger partial charge in [-0.3, -0.25) is 0 Å². The van der Waals surface area contributed by atoms with Crippen LogP contribution in [0.25, 0.3) is 0 Å². The molecule has 1 heterocycles. The zero-order chi connectivity index (χ0) is 7.94. The molecule has 0 atom stereocenters. The molecular formula is C10H12N+. The maximum Gasteiger partial charge on any atom is 0.174 e. The highest BCUT2D eigenvalue weighted by atomic mass is 14.9. The van der Waals surface area contributed by atoms with Crippen molar-refractivity contribution in [2.45, 2.75) is 6.92 Å². The standard InChI is InChI=1S/C10H12N/c1-2-11-9-7-5-3-4-6-8-10-11/h2-10H,1H3/q+1. The van der Waals surface area contributed by atoms with Crippen molar-refractivity contribution in [3.05, 3.63) is 48.9 Å². The van der Waals surface area contributed by atoms with Crippen LogP contribution >= 0.6 is 0 Å². The highest BCUT2D eigenvalue weighted by molar-refractivity contribution is 5.47. The summed E-state index contributed by atoms with van der Waals surface area (Å²) in [6, 6.07) is 0. The van der Waals surface area contributed by atoms with Crippen LogP contribution in [-0.2, 0) is 0 Å². The molecule has 1 aliphatic rings. The lowest BCUT2D eigenvalue weighted by Crippen LogP contribution is -1.92. The molecule has 0 aromatic heterocycles. The molecule has 0 aromatic rings. The zero-order valence-corrected chi connectivity index (χ0v) is 6.64. The molecule has 0 spiro atoms. The van der Waals surface area contributed by atoms with Gasteiger partial charge in [0.25, 0.3) is 0 Å². The van der Waals surface area contributed by atoms with Crippen molar-refractivity contribution < 1.29 is 4.58 Å². The highest BCUT2D eigenvalue weighted by Crippen LogP contribution is 1.88. The molecule has 0 radical (unpaired) electrons. The third-order valence-corrected chi connectivity index (χ3v) is 1.37. The molecule has 1 heteroatoms. The molecule has 56 valence electrons. The minimum Gasteiger partial charge on any atom is -0.178 e. The molecule has 0 unspecified atom stereocenters. The van der Waals surface area contributed by atoms with E-state index in [4.69, 9.17) is 0 Å². The van der Waals surface area contributed by atoms with Gasteiger partial charge in [-0.25, -0.2) is 0 Å². The van der Waals surface area contributed by atoms with Crippen LogP contribution in [0, 0.1) is 0 Å². The molecule has 0 aliphatic carbocycles. The van der Waals surface area contributed by atoms with Gasteiger partial charge in [0.2, 0.25) is 0 Å². The second-order valence-electron chi connectivity index (χ2n) is 2.16. The molecular weight excluding hydrogens is 134 g/mol. The zero-order valence-electron chi connectivity index (χ0n) is 6.64. The predicted octanol–water partition coefficient (Wildman–Crippen LogP) is 2.24. The van der Waals surface area contributed by atoms with Gasteiger partial charge in [-0.15, -0.1) is 0 Å². The Balaban J connectivity index is 2.85. The van der Waals surface area contributed by atoms with Crippen LogP contribution in [0.5, 0.6) is 0 Å². The Morgan fingerprint density at radius 1 is 0.818 bits per heavy atom. The Labute approximate surface area is 67.4 Å². The van der Waals surface area contributed by atoms with E-state index in [9.17, 15) is 0 Å². The number of hydrogen-bond acceptors (Lipinski definition) is 0. The molecule has 1 rings (SSSR count). The fraction of sp³-hybridized carbons (Fsp3) is 0.100. The Bertz CT molecular complexity index is 228. The molecule has 0 saturated carbocycles. The van der Waals surface area contributed by atoms with Gasteiger partial charge in [-0.1, -0.05) is 24.3 Å². The van der Waals surface area contributed by atoms with Crippen molar-refractivity contribution in [3.63, 3.8) is 0 Å². The summed E-state index contributed by atoms with van der Waals surface area (Å²) < 4.78 is 2.00. The summed E-state index contributed by atoms with van der Waals surface area (Å²) in [5, 5.41) is 0. The summed E-state index contributed by atoms with van der Waals surface area (Å²) in [5.41, 5.74) is 0. The molecule has 1 aliphatic heterocycles. The summed E-state index contributed by atoms with van der Waals surface area (Å²) >= 11 is 0. The van der Waals surface area contributed by atoms with Gasteiger partial charge in [0.1, 0.15) is 6.21 Å². The third-order valence-electron chi connectivity index (χ3n) is 1.37. The van der Waals surface area contributed by atoms with Gasteiger partial charge in [0.05, 0.1) is 0 Å². The van der Waals surface area contributed by atoms with E-state index in [-0.39, 0.29) is 0 Å². The van der Waals surface area contributed by atoms with E-state index in [1.54, 1.807) is 0 Å². The molecule has 0 bridgehead atoms. The van der Waals surface area contributed by atoms with Gasteiger partial charge in [-0.2, -0.15) is 4.58 Å². The molecule has 0 N–H and O–H groups in total. The summed E-state index contributed by atoms with van der Waals surface area (Å²) in [6.45, 7) is 2.00. The van der Waals surface area contributed by atoms with Gasteiger partial charge in [0, 0.05) is 19.1 Å². The fourth-order valence-electron chi connectivity index (χ4n) is 0.777. The van der Waals surface area contributed by atoms with E-state index in [1.807, 2.05) is 66.6 Å². The van der Waals surface area contributed by atoms with Crippen LogP contribution in [-0.4, -0.2) is 10.8 Å². The average molecular weight is 146 g/mol. The smallest absolute Gasteiger partial charge is 0.174 e. The van der Waals surface area contributed by atoms with Gasteiger partial charge >= 0.3 is 0 Å². The SMILES string of the molecule is CC=[N+]1C=CC=CC=CC=C1. The Hall–Kier alpha value is -1.37. The first kappa shape index (κ1) is 7.73. The summed E-state index contributed by atoms with van der Waals surface area (Å²) in [4.78, 5) is 0. The van der Waals surface area contributed by atoms with E-state index in [2.05, 4.69) is 0 Å². The Morgan fingerprint density at radius 3 is 1.73 bits per heavy atom. The maximum absolute atomic E-state index is 2.00. The van der Waals surface area contributed by atoms with Crippen LogP contribution in [0.1, 0.15) is 6.92 Å². The lowest BCUT2D eigenvalue weighted by Gasteiger charge is -1.81. The van der Waals surface area contributed by atoms with Crippen molar-refractivity contribution in [3.8, 4) is 0 Å². The van der Waals surface area contributed by atoms with E-state index in [0.717, 1.165) is 0 Å². The normalized spacial score (nSPS) is 15.9. The second kappa shape index (κ2) is 4.45. The van der Waals surface area contributed by atoms with Gasteiger partial charge < -0.3 is 0 Å². The van der Waals surface area contributed by atoms with E-state index in [0.29, 0.717) is 0 Å². The van der Waals surface area contributed by atoms with Gasteiger partial charge in [-0.05, 0) is 0 Å². The summed E-state index contributed by atoms with van der Waals surface area (Å²) in [5.74, 6) is 0. The predicted molar refractivity (Wildman–Crippen MR) is 48.6 cm³/mol. The molecule has 0 fully saturated rings. The number of allylic oxidation sites excluding steroid dienone is 6. The number of nitrogens with zero attached hydrogens (tertiary/aromatic N) is 1. The summed E-state index contributed by atoms with van der Waals surface area (Å²) in [7, 11) is 0. The molecule has 0 aromatic carbocycles. The second-order valence-corrected chi connectivity index (χ2v) is 2.16. The first-order valence-corrected chi connectivity index (χ1v) is 3.69. The Kier molecular flexibility index (Phi) is 3.13. The quantitative estimate of drug-likeness (QED) is 0.461. The van der Waals surface area contributed by atoms with E-state index < -0.39 is 0 Å². The largest absolute Gasteiger partial charge is 0.178 e.